The van der Waals surface area contributed by atoms with E-state index in [1.807, 2.05) is 30.3 Å². The second-order valence-electron chi connectivity index (χ2n) is 7.31. The molecule has 0 saturated heterocycles. The Hall–Kier alpha value is -2.04. The van der Waals surface area contributed by atoms with E-state index in [4.69, 9.17) is 11.6 Å². The number of halogens is 1. The predicted octanol–water partition coefficient (Wildman–Crippen LogP) is 4.95. The first-order valence-corrected chi connectivity index (χ1v) is 8.67. The summed E-state index contributed by atoms with van der Waals surface area (Å²) in [6.45, 7) is 6.90. The molecule has 0 radical (unpaired) electrons. The maximum atomic E-state index is 12.7. The number of urea groups is 1. The zero-order valence-electron chi connectivity index (χ0n) is 14.9. The van der Waals surface area contributed by atoms with Crippen molar-refractivity contribution in [2.75, 3.05) is 18.4 Å². The van der Waals surface area contributed by atoms with Crippen molar-refractivity contribution in [2.45, 2.75) is 26.9 Å². The van der Waals surface area contributed by atoms with Crippen LogP contribution in [0.4, 0.5) is 10.5 Å². The fraction of sp³-hybridized carbons (Fsp3) is 0.350. The highest BCUT2D eigenvalue weighted by molar-refractivity contribution is 6.30. The van der Waals surface area contributed by atoms with Gasteiger partial charge in [0, 0.05) is 17.3 Å². The van der Waals surface area contributed by atoms with E-state index in [0.717, 1.165) is 5.56 Å². The van der Waals surface area contributed by atoms with E-state index in [0.29, 0.717) is 17.3 Å². The van der Waals surface area contributed by atoms with Gasteiger partial charge in [0.2, 0.25) is 0 Å². The van der Waals surface area contributed by atoms with Crippen LogP contribution in [0.15, 0.2) is 54.6 Å². The van der Waals surface area contributed by atoms with Crippen molar-refractivity contribution in [2.24, 2.45) is 5.41 Å². The summed E-state index contributed by atoms with van der Waals surface area (Å²) in [5.74, 6) is 0. The molecule has 134 valence electrons. The third-order valence-electron chi connectivity index (χ3n) is 3.61. The van der Waals surface area contributed by atoms with Crippen LogP contribution in [0.25, 0.3) is 0 Å². The Morgan fingerprint density at radius 2 is 1.84 bits per heavy atom. The number of hydrogen-bond acceptors (Lipinski definition) is 2. The van der Waals surface area contributed by atoms with Crippen LogP contribution in [0.2, 0.25) is 5.02 Å². The monoisotopic (exact) mass is 360 g/mol. The Morgan fingerprint density at radius 1 is 1.16 bits per heavy atom. The summed E-state index contributed by atoms with van der Waals surface area (Å²) in [5.41, 5.74) is 1.32. The van der Waals surface area contributed by atoms with Crippen LogP contribution in [0, 0.1) is 5.41 Å². The van der Waals surface area contributed by atoms with E-state index < -0.39 is 6.10 Å². The molecule has 0 spiro atoms. The zero-order valence-corrected chi connectivity index (χ0v) is 15.6. The summed E-state index contributed by atoms with van der Waals surface area (Å²) in [7, 11) is 0. The molecule has 0 aliphatic heterocycles. The lowest BCUT2D eigenvalue weighted by molar-refractivity contribution is 0.110. The van der Waals surface area contributed by atoms with E-state index in [-0.39, 0.29) is 18.0 Å². The first kappa shape index (κ1) is 19.3. The van der Waals surface area contributed by atoms with Gasteiger partial charge in [0.1, 0.15) is 0 Å². The molecule has 2 N–H and O–H groups in total. The van der Waals surface area contributed by atoms with Crippen LogP contribution in [0.3, 0.4) is 0 Å². The van der Waals surface area contributed by atoms with Gasteiger partial charge in [-0.15, -0.1) is 0 Å². The van der Waals surface area contributed by atoms with E-state index in [1.54, 1.807) is 29.2 Å². The average Bonchev–Trinajstić information content (AvgIpc) is 2.53. The van der Waals surface area contributed by atoms with Crippen molar-refractivity contribution < 1.29 is 9.90 Å². The number of hydrogen-bond donors (Lipinski definition) is 2. The summed E-state index contributed by atoms with van der Waals surface area (Å²) in [5, 5.41) is 13.9. The Balaban J connectivity index is 2.13. The average molecular weight is 361 g/mol. The van der Waals surface area contributed by atoms with Crippen molar-refractivity contribution in [1.82, 2.24) is 4.90 Å². The number of aliphatic hydroxyl groups is 1. The summed E-state index contributed by atoms with van der Waals surface area (Å²) in [6, 6.07) is 16.1. The van der Waals surface area contributed by atoms with Crippen LogP contribution < -0.4 is 5.32 Å². The second kappa shape index (κ2) is 8.37. The molecule has 0 aromatic heterocycles. The Labute approximate surface area is 154 Å². The van der Waals surface area contributed by atoms with E-state index in [9.17, 15) is 9.90 Å². The van der Waals surface area contributed by atoms with Gasteiger partial charge >= 0.3 is 6.03 Å². The second-order valence-corrected chi connectivity index (χ2v) is 7.74. The highest BCUT2D eigenvalue weighted by Crippen LogP contribution is 2.21. The van der Waals surface area contributed by atoms with Crippen LogP contribution in [-0.2, 0) is 0 Å². The smallest absolute Gasteiger partial charge is 0.321 e. The lowest BCUT2D eigenvalue weighted by Crippen LogP contribution is -2.42. The van der Waals surface area contributed by atoms with Gasteiger partial charge in [-0.25, -0.2) is 4.79 Å². The van der Waals surface area contributed by atoms with Crippen LogP contribution in [0.5, 0.6) is 0 Å². The summed E-state index contributed by atoms with van der Waals surface area (Å²) in [6.07, 6.45) is -0.742. The van der Waals surface area contributed by atoms with Crippen molar-refractivity contribution >= 4 is 23.3 Å². The molecule has 0 aliphatic carbocycles. The van der Waals surface area contributed by atoms with E-state index >= 15 is 0 Å². The number of nitrogens with one attached hydrogen (secondary N) is 1. The number of aliphatic hydroxyl groups excluding tert-OH is 1. The Kier molecular flexibility index (Phi) is 6.45. The lowest BCUT2D eigenvalue weighted by atomic mass is 9.95. The maximum absolute atomic E-state index is 12.7. The molecule has 2 aromatic carbocycles. The van der Waals surface area contributed by atoms with E-state index in [2.05, 4.69) is 26.1 Å². The minimum absolute atomic E-state index is 0.0952. The number of carbonyl (C=O) groups is 1. The maximum Gasteiger partial charge on any atom is 0.321 e. The third kappa shape index (κ3) is 6.40. The summed E-state index contributed by atoms with van der Waals surface area (Å²) < 4.78 is 0. The predicted molar refractivity (Wildman–Crippen MR) is 103 cm³/mol. The zero-order chi connectivity index (χ0) is 18.4. The number of carbonyl (C=O) groups excluding carboxylic acids is 1. The standard InChI is InChI=1S/C20H25ClN2O2/c1-20(2,3)14-23(13-18(24)15-8-5-4-6-9-15)19(25)22-17-11-7-10-16(21)12-17/h4-12,18,24H,13-14H2,1-3H3,(H,22,25). The third-order valence-corrected chi connectivity index (χ3v) is 3.84. The normalized spacial score (nSPS) is 12.5. The number of amides is 2. The van der Waals surface area contributed by atoms with E-state index in [1.165, 1.54) is 0 Å². The number of nitrogens with zero attached hydrogens (tertiary/aromatic N) is 1. The van der Waals surface area contributed by atoms with Gasteiger partial charge in [-0.3, -0.25) is 0 Å². The molecule has 25 heavy (non-hydrogen) atoms. The van der Waals surface area contributed by atoms with Crippen molar-refractivity contribution in [3.8, 4) is 0 Å². The van der Waals surface area contributed by atoms with Gasteiger partial charge < -0.3 is 15.3 Å². The molecule has 2 amide bonds. The molecular weight excluding hydrogens is 336 g/mol. The molecule has 1 unspecified atom stereocenters. The molecule has 2 rings (SSSR count). The quantitative estimate of drug-likeness (QED) is 0.792. The number of anilines is 1. The molecular formula is C20H25ClN2O2. The molecule has 5 heteroatoms. The molecule has 1 atom stereocenters. The molecule has 0 fully saturated rings. The Bertz CT molecular complexity index is 698. The van der Waals surface area contributed by atoms with Crippen LogP contribution in [-0.4, -0.2) is 29.1 Å². The fourth-order valence-corrected chi connectivity index (χ4v) is 2.74. The highest BCUT2D eigenvalue weighted by Gasteiger charge is 2.24. The lowest BCUT2D eigenvalue weighted by Gasteiger charge is -2.31. The molecule has 0 aliphatic rings. The molecule has 2 aromatic rings. The van der Waals surface area contributed by atoms with Crippen molar-refractivity contribution in [1.29, 1.82) is 0 Å². The van der Waals surface area contributed by atoms with Gasteiger partial charge in [-0.1, -0.05) is 68.8 Å². The number of rotatable bonds is 5. The minimum atomic E-state index is -0.742. The van der Waals surface area contributed by atoms with Crippen LogP contribution in [0.1, 0.15) is 32.4 Å². The van der Waals surface area contributed by atoms with Gasteiger partial charge in [0.05, 0.1) is 12.6 Å². The summed E-state index contributed by atoms with van der Waals surface area (Å²) >= 11 is 5.97. The van der Waals surface area contributed by atoms with Crippen LogP contribution >= 0.6 is 11.6 Å². The fourth-order valence-electron chi connectivity index (χ4n) is 2.55. The topological polar surface area (TPSA) is 52.6 Å². The highest BCUT2D eigenvalue weighted by atomic mass is 35.5. The van der Waals surface area contributed by atoms with Gasteiger partial charge in [-0.2, -0.15) is 0 Å². The van der Waals surface area contributed by atoms with Crippen molar-refractivity contribution in [3.05, 3.63) is 65.2 Å². The molecule has 4 nitrogen and oxygen atoms in total. The summed E-state index contributed by atoms with van der Waals surface area (Å²) in [4.78, 5) is 14.4. The molecule has 0 saturated carbocycles. The van der Waals surface area contributed by atoms with Crippen molar-refractivity contribution in [3.63, 3.8) is 0 Å². The van der Waals surface area contributed by atoms with Gasteiger partial charge in [0.15, 0.2) is 0 Å². The first-order valence-electron chi connectivity index (χ1n) is 8.29. The minimum Gasteiger partial charge on any atom is -0.387 e. The Morgan fingerprint density at radius 3 is 2.44 bits per heavy atom. The molecule has 0 heterocycles. The van der Waals surface area contributed by atoms with Gasteiger partial charge in [0.25, 0.3) is 0 Å². The SMILES string of the molecule is CC(C)(C)CN(CC(O)c1ccccc1)C(=O)Nc1cccc(Cl)c1. The largest absolute Gasteiger partial charge is 0.387 e. The first-order chi connectivity index (χ1) is 11.7. The molecule has 0 bridgehead atoms. The number of benzene rings is 2. The van der Waals surface area contributed by atoms with Gasteiger partial charge in [-0.05, 0) is 29.2 Å².